The minimum Gasteiger partial charge on any atom is -0.545 e. The number of carboxylic acids is 1. The molecule has 0 fully saturated rings. The van der Waals surface area contributed by atoms with Crippen LogP contribution in [-0.4, -0.2) is 10.9 Å². The summed E-state index contributed by atoms with van der Waals surface area (Å²) in [7, 11) is 0. The maximum Gasteiger partial charge on any atom is 0.272 e. The molecule has 6 heteroatoms. The standard InChI is InChI=1S/C7H6N2O4/c8-5-1-4(7(10)11)2-6(3-5)9(12)13/h1-3H,8H2,(H,10,11)/p-1. The van der Waals surface area contributed by atoms with E-state index in [1.807, 2.05) is 0 Å². The van der Waals surface area contributed by atoms with Crippen molar-refractivity contribution in [2.45, 2.75) is 0 Å². The summed E-state index contributed by atoms with van der Waals surface area (Å²) in [5.74, 6) is -1.49. The molecule has 1 aromatic carbocycles. The summed E-state index contributed by atoms with van der Waals surface area (Å²) < 4.78 is 0. The van der Waals surface area contributed by atoms with Crippen LogP contribution in [0.1, 0.15) is 10.4 Å². The highest BCUT2D eigenvalue weighted by molar-refractivity contribution is 5.88. The molecular weight excluding hydrogens is 176 g/mol. The second-order valence-electron chi connectivity index (χ2n) is 2.36. The number of hydrogen-bond donors (Lipinski definition) is 1. The van der Waals surface area contributed by atoms with Crippen molar-refractivity contribution in [3.63, 3.8) is 0 Å². The van der Waals surface area contributed by atoms with Gasteiger partial charge >= 0.3 is 0 Å². The van der Waals surface area contributed by atoms with Gasteiger partial charge in [0, 0.05) is 23.4 Å². The van der Waals surface area contributed by atoms with Crippen LogP contribution in [0.3, 0.4) is 0 Å². The molecule has 0 aliphatic heterocycles. The summed E-state index contributed by atoms with van der Waals surface area (Å²) in [4.78, 5) is 19.9. The third kappa shape index (κ3) is 1.92. The number of nitro benzene ring substituents is 1. The molecule has 0 aromatic heterocycles. The van der Waals surface area contributed by atoms with Crippen molar-refractivity contribution in [3.8, 4) is 0 Å². The van der Waals surface area contributed by atoms with Crippen molar-refractivity contribution in [2.24, 2.45) is 0 Å². The normalized spacial score (nSPS) is 9.54. The fourth-order valence-corrected chi connectivity index (χ4v) is 0.858. The number of rotatable bonds is 2. The second kappa shape index (κ2) is 3.10. The number of anilines is 1. The lowest BCUT2D eigenvalue weighted by Crippen LogP contribution is -2.22. The number of nitrogens with zero attached hydrogens (tertiary/aromatic N) is 1. The average molecular weight is 181 g/mol. The molecule has 0 amide bonds. The van der Waals surface area contributed by atoms with Gasteiger partial charge in [0.05, 0.1) is 10.9 Å². The predicted molar refractivity (Wildman–Crippen MR) is 41.8 cm³/mol. The summed E-state index contributed by atoms with van der Waals surface area (Å²) in [5, 5.41) is 20.6. The Morgan fingerprint density at radius 3 is 2.46 bits per heavy atom. The summed E-state index contributed by atoms with van der Waals surface area (Å²) in [5.41, 5.74) is 4.60. The van der Waals surface area contributed by atoms with Gasteiger partial charge in [-0.2, -0.15) is 0 Å². The molecule has 0 aliphatic rings. The van der Waals surface area contributed by atoms with Crippen LogP contribution in [0.25, 0.3) is 0 Å². The molecule has 1 rings (SSSR count). The van der Waals surface area contributed by atoms with Crippen molar-refractivity contribution in [1.82, 2.24) is 0 Å². The van der Waals surface area contributed by atoms with E-state index in [4.69, 9.17) is 5.73 Å². The highest BCUT2D eigenvalue weighted by Crippen LogP contribution is 2.17. The molecule has 13 heavy (non-hydrogen) atoms. The molecule has 0 radical (unpaired) electrons. The molecule has 0 saturated carbocycles. The summed E-state index contributed by atoms with van der Waals surface area (Å²) >= 11 is 0. The number of carbonyl (C=O) groups excluding carboxylic acids is 1. The topological polar surface area (TPSA) is 109 Å². The fourth-order valence-electron chi connectivity index (χ4n) is 0.858. The molecule has 68 valence electrons. The van der Waals surface area contributed by atoms with Crippen LogP contribution >= 0.6 is 0 Å². The number of nitro groups is 1. The highest BCUT2D eigenvalue weighted by Gasteiger charge is 2.08. The molecule has 0 bridgehead atoms. The van der Waals surface area contributed by atoms with E-state index in [0.717, 1.165) is 18.2 Å². The molecule has 0 unspecified atom stereocenters. The molecule has 0 spiro atoms. The molecule has 2 N–H and O–H groups in total. The predicted octanol–water partition coefficient (Wildman–Crippen LogP) is -0.460. The fraction of sp³-hybridized carbons (Fsp3) is 0. The molecule has 0 saturated heterocycles. The third-order valence-electron chi connectivity index (χ3n) is 1.39. The van der Waals surface area contributed by atoms with E-state index in [2.05, 4.69) is 0 Å². The lowest BCUT2D eigenvalue weighted by Gasteiger charge is -2.02. The largest absolute Gasteiger partial charge is 0.545 e. The minimum atomic E-state index is -1.49. The van der Waals surface area contributed by atoms with Gasteiger partial charge in [-0.1, -0.05) is 0 Å². The Morgan fingerprint density at radius 1 is 1.38 bits per heavy atom. The lowest BCUT2D eigenvalue weighted by molar-refractivity contribution is -0.384. The van der Waals surface area contributed by atoms with Crippen molar-refractivity contribution >= 4 is 17.3 Å². The Bertz CT molecular complexity index is 343. The van der Waals surface area contributed by atoms with Gasteiger partial charge < -0.3 is 15.6 Å². The number of carboxylic acid groups (broad SMARTS) is 1. The first kappa shape index (κ1) is 8.98. The Labute approximate surface area is 72.7 Å². The summed E-state index contributed by atoms with van der Waals surface area (Å²) in [6.07, 6.45) is 0. The SMILES string of the molecule is Nc1cc(C(=O)[O-])cc([N+](=O)[O-])c1. The highest BCUT2D eigenvalue weighted by atomic mass is 16.6. The maximum atomic E-state index is 10.3. The zero-order chi connectivity index (χ0) is 10.0. The second-order valence-corrected chi connectivity index (χ2v) is 2.36. The van der Waals surface area contributed by atoms with E-state index in [-0.39, 0.29) is 16.9 Å². The van der Waals surface area contributed by atoms with E-state index in [9.17, 15) is 20.0 Å². The lowest BCUT2D eigenvalue weighted by atomic mass is 10.2. The van der Waals surface area contributed by atoms with Crippen molar-refractivity contribution < 1.29 is 14.8 Å². The van der Waals surface area contributed by atoms with Gasteiger partial charge in [-0.25, -0.2) is 0 Å². The number of nitrogens with two attached hydrogens (primary N) is 1. The van der Waals surface area contributed by atoms with Crippen molar-refractivity contribution in [1.29, 1.82) is 0 Å². The van der Waals surface area contributed by atoms with E-state index < -0.39 is 10.9 Å². The number of aromatic carboxylic acids is 1. The average Bonchev–Trinajstić information content (AvgIpc) is 2.03. The van der Waals surface area contributed by atoms with E-state index in [1.54, 1.807) is 0 Å². The molecule has 0 heterocycles. The van der Waals surface area contributed by atoms with Crippen LogP contribution in [-0.2, 0) is 0 Å². The van der Waals surface area contributed by atoms with Crippen molar-refractivity contribution in [3.05, 3.63) is 33.9 Å². The number of hydrogen-bond acceptors (Lipinski definition) is 5. The van der Waals surface area contributed by atoms with Crippen LogP contribution in [0.2, 0.25) is 0 Å². The molecule has 1 aromatic rings. The Morgan fingerprint density at radius 2 is 2.00 bits per heavy atom. The first-order chi connectivity index (χ1) is 6.00. The Balaban J connectivity index is 3.26. The van der Waals surface area contributed by atoms with Gasteiger partial charge in [-0.05, 0) is 6.07 Å². The molecular formula is C7H5N2O4-. The first-order valence-corrected chi connectivity index (χ1v) is 3.27. The van der Waals surface area contributed by atoms with E-state index >= 15 is 0 Å². The van der Waals surface area contributed by atoms with E-state index in [1.165, 1.54) is 0 Å². The number of benzene rings is 1. The third-order valence-corrected chi connectivity index (χ3v) is 1.39. The zero-order valence-electron chi connectivity index (χ0n) is 6.39. The first-order valence-electron chi connectivity index (χ1n) is 3.27. The minimum absolute atomic E-state index is 0.0217. The van der Waals surface area contributed by atoms with Crippen LogP contribution in [0.15, 0.2) is 18.2 Å². The van der Waals surface area contributed by atoms with Gasteiger partial charge in [-0.15, -0.1) is 0 Å². The maximum absolute atomic E-state index is 10.3. The number of carbonyl (C=O) groups is 1. The zero-order valence-corrected chi connectivity index (χ0v) is 6.39. The summed E-state index contributed by atoms with van der Waals surface area (Å²) in [6, 6.07) is 3.07. The van der Waals surface area contributed by atoms with Gasteiger partial charge in [0.15, 0.2) is 0 Å². The Hall–Kier alpha value is -2.11. The van der Waals surface area contributed by atoms with Crippen LogP contribution in [0, 0.1) is 10.1 Å². The number of non-ortho nitro benzene ring substituents is 1. The van der Waals surface area contributed by atoms with E-state index in [0.29, 0.717) is 0 Å². The Kier molecular flexibility index (Phi) is 2.14. The van der Waals surface area contributed by atoms with Crippen LogP contribution in [0.5, 0.6) is 0 Å². The molecule has 6 nitrogen and oxygen atoms in total. The molecule has 0 aliphatic carbocycles. The van der Waals surface area contributed by atoms with Crippen LogP contribution in [0.4, 0.5) is 11.4 Å². The van der Waals surface area contributed by atoms with Crippen molar-refractivity contribution in [2.75, 3.05) is 5.73 Å². The quantitative estimate of drug-likeness (QED) is 0.377. The smallest absolute Gasteiger partial charge is 0.272 e. The van der Waals surface area contributed by atoms with Gasteiger partial charge in [0.1, 0.15) is 0 Å². The van der Waals surface area contributed by atoms with Gasteiger partial charge in [0.2, 0.25) is 0 Å². The number of nitrogen functional groups attached to an aromatic ring is 1. The van der Waals surface area contributed by atoms with Gasteiger partial charge in [-0.3, -0.25) is 10.1 Å². The van der Waals surface area contributed by atoms with Crippen LogP contribution < -0.4 is 10.8 Å². The molecule has 0 atom stereocenters. The summed E-state index contributed by atoms with van der Waals surface area (Å²) in [6.45, 7) is 0. The monoisotopic (exact) mass is 181 g/mol. The van der Waals surface area contributed by atoms with Gasteiger partial charge in [0.25, 0.3) is 5.69 Å².